The average Bonchev–Trinajstić information content (AvgIpc) is 3.20. The largest absolute Gasteiger partial charge is 0.349 e. The van der Waals surface area contributed by atoms with Gasteiger partial charge in [-0.2, -0.15) is 5.10 Å². The fraction of sp³-hybridized carbons (Fsp3) is 0.471. The predicted octanol–water partition coefficient (Wildman–Crippen LogP) is 1.94. The fourth-order valence-electron chi connectivity index (χ4n) is 3.27. The highest BCUT2D eigenvalue weighted by molar-refractivity contribution is 7.09. The lowest BCUT2D eigenvalue weighted by Crippen LogP contribution is -2.49. The number of carbonyl (C=O) groups is 2. The van der Waals surface area contributed by atoms with Gasteiger partial charge >= 0.3 is 0 Å². The third kappa shape index (κ3) is 2.84. The molecule has 6 nitrogen and oxygen atoms in total. The van der Waals surface area contributed by atoms with Crippen molar-refractivity contribution in [2.75, 3.05) is 6.54 Å². The minimum Gasteiger partial charge on any atom is -0.349 e. The molecule has 0 saturated heterocycles. The molecule has 4 rings (SSSR count). The van der Waals surface area contributed by atoms with Gasteiger partial charge in [0.05, 0.1) is 25.3 Å². The Hall–Kier alpha value is -2.15. The van der Waals surface area contributed by atoms with E-state index in [0.29, 0.717) is 19.6 Å². The van der Waals surface area contributed by atoms with Crippen LogP contribution in [0.1, 0.15) is 35.9 Å². The van der Waals surface area contributed by atoms with Gasteiger partial charge in [0.25, 0.3) is 0 Å². The quantitative estimate of drug-likeness (QED) is 0.922. The maximum Gasteiger partial charge on any atom is 0.247 e. The number of thiophene rings is 1. The Morgan fingerprint density at radius 3 is 2.92 bits per heavy atom. The molecule has 24 heavy (non-hydrogen) atoms. The van der Waals surface area contributed by atoms with Crippen molar-refractivity contribution in [2.45, 2.75) is 38.4 Å². The first-order valence-corrected chi connectivity index (χ1v) is 9.21. The smallest absolute Gasteiger partial charge is 0.247 e. The molecule has 0 aromatic carbocycles. The highest BCUT2D eigenvalue weighted by Gasteiger charge is 2.36. The van der Waals surface area contributed by atoms with E-state index in [1.807, 2.05) is 28.5 Å². The van der Waals surface area contributed by atoms with Crippen LogP contribution in [0.15, 0.2) is 29.8 Å². The van der Waals surface area contributed by atoms with E-state index in [9.17, 15) is 9.59 Å². The molecular formula is C17H20N4O2S. The minimum atomic E-state index is -0.451. The number of nitrogens with one attached hydrogen (secondary N) is 1. The molecular weight excluding hydrogens is 324 g/mol. The van der Waals surface area contributed by atoms with Crippen LogP contribution in [0.3, 0.4) is 0 Å². The molecule has 2 aromatic rings. The first kappa shape index (κ1) is 15.4. The van der Waals surface area contributed by atoms with Gasteiger partial charge in [-0.15, -0.1) is 11.3 Å². The van der Waals surface area contributed by atoms with Crippen molar-refractivity contribution >= 4 is 23.2 Å². The van der Waals surface area contributed by atoms with Crippen LogP contribution >= 0.6 is 11.3 Å². The zero-order valence-corrected chi connectivity index (χ0v) is 14.2. The molecule has 2 amide bonds. The van der Waals surface area contributed by atoms with Gasteiger partial charge < -0.3 is 10.2 Å². The summed E-state index contributed by atoms with van der Waals surface area (Å²) in [6.07, 6.45) is 4.78. The SMILES string of the molecule is O=C(NCc1cccs1)[C@@H]1CN(C(=O)C2CCC2)Cc2ccnn21. The maximum absolute atomic E-state index is 12.7. The molecule has 0 radical (unpaired) electrons. The summed E-state index contributed by atoms with van der Waals surface area (Å²) < 4.78 is 1.76. The summed E-state index contributed by atoms with van der Waals surface area (Å²) in [4.78, 5) is 28.2. The number of amides is 2. The molecule has 2 aromatic heterocycles. The Morgan fingerprint density at radius 2 is 2.21 bits per heavy atom. The molecule has 0 spiro atoms. The van der Waals surface area contributed by atoms with E-state index < -0.39 is 6.04 Å². The molecule has 3 heterocycles. The number of fused-ring (bicyclic) bond motifs is 1. The molecule has 7 heteroatoms. The predicted molar refractivity (Wildman–Crippen MR) is 90.2 cm³/mol. The number of aromatic nitrogens is 2. The Balaban J connectivity index is 1.48. The van der Waals surface area contributed by atoms with E-state index in [4.69, 9.17) is 0 Å². The van der Waals surface area contributed by atoms with Gasteiger partial charge in [-0.05, 0) is 30.4 Å². The highest BCUT2D eigenvalue weighted by atomic mass is 32.1. The second kappa shape index (κ2) is 6.39. The normalized spacial score (nSPS) is 20.3. The van der Waals surface area contributed by atoms with E-state index in [2.05, 4.69) is 10.4 Å². The van der Waals surface area contributed by atoms with Gasteiger partial charge in [0.1, 0.15) is 6.04 Å². The fourth-order valence-corrected chi connectivity index (χ4v) is 3.92. The van der Waals surface area contributed by atoms with E-state index in [0.717, 1.165) is 29.8 Å². The van der Waals surface area contributed by atoms with Gasteiger partial charge in [0.2, 0.25) is 11.8 Å². The van der Waals surface area contributed by atoms with Gasteiger partial charge in [-0.1, -0.05) is 12.5 Å². The van der Waals surface area contributed by atoms with Crippen molar-refractivity contribution in [3.63, 3.8) is 0 Å². The molecule has 1 fully saturated rings. The van der Waals surface area contributed by atoms with Crippen molar-refractivity contribution in [1.29, 1.82) is 0 Å². The standard InChI is InChI=1S/C17H20N4O2S/c22-16(18-9-14-5-2-8-24-14)15-11-20(17(23)12-3-1-4-12)10-13-6-7-19-21(13)15/h2,5-8,12,15H,1,3-4,9-11H2,(H,18,22)/t15-/m0/s1. The van der Waals surface area contributed by atoms with Crippen LogP contribution in [0.5, 0.6) is 0 Å². The van der Waals surface area contributed by atoms with Crippen LogP contribution in [-0.4, -0.2) is 33.0 Å². The second-order valence-corrected chi connectivity index (χ2v) is 7.46. The van der Waals surface area contributed by atoms with Crippen molar-refractivity contribution in [3.05, 3.63) is 40.3 Å². The van der Waals surface area contributed by atoms with Crippen LogP contribution in [0.25, 0.3) is 0 Å². The summed E-state index contributed by atoms with van der Waals surface area (Å²) in [5, 5.41) is 9.27. The van der Waals surface area contributed by atoms with E-state index in [1.165, 1.54) is 0 Å². The summed E-state index contributed by atoms with van der Waals surface area (Å²) in [6.45, 7) is 1.46. The lowest BCUT2D eigenvalue weighted by Gasteiger charge is -2.37. The molecule has 126 valence electrons. The van der Waals surface area contributed by atoms with Crippen LogP contribution in [0, 0.1) is 5.92 Å². The molecule has 2 aliphatic rings. The third-order valence-corrected chi connectivity index (χ3v) is 5.76. The third-order valence-electron chi connectivity index (χ3n) is 4.88. The van der Waals surface area contributed by atoms with Crippen LogP contribution in [0.4, 0.5) is 0 Å². The van der Waals surface area contributed by atoms with Gasteiger partial charge in [-0.25, -0.2) is 0 Å². The van der Waals surface area contributed by atoms with Crippen molar-refractivity contribution in [3.8, 4) is 0 Å². The monoisotopic (exact) mass is 344 g/mol. The number of hydrogen-bond acceptors (Lipinski definition) is 4. The summed E-state index contributed by atoms with van der Waals surface area (Å²) in [7, 11) is 0. The number of carbonyl (C=O) groups excluding carboxylic acids is 2. The van der Waals surface area contributed by atoms with E-state index in [1.54, 1.807) is 22.2 Å². The molecule has 1 N–H and O–H groups in total. The van der Waals surface area contributed by atoms with Gasteiger partial charge in [-0.3, -0.25) is 14.3 Å². The van der Waals surface area contributed by atoms with Crippen molar-refractivity contribution < 1.29 is 9.59 Å². The summed E-state index contributed by atoms with van der Waals surface area (Å²) in [5.41, 5.74) is 0.921. The second-order valence-electron chi connectivity index (χ2n) is 6.43. The van der Waals surface area contributed by atoms with Gasteiger partial charge in [0.15, 0.2) is 0 Å². The Bertz CT molecular complexity index is 736. The summed E-state index contributed by atoms with van der Waals surface area (Å²) >= 11 is 1.62. The van der Waals surface area contributed by atoms with E-state index in [-0.39, 0.29) is 17.7 Å². The first-order valence-electron chi connectivity index (χ1n) is 8.33. The Kier molecular flexibility index (Phi) is 4.10. The Morgan fingerprint density at radius 1 is 1.33 bits per heavy atom. The Labute approximate surface area is 144 Å². The number of rotatable bonds is 4. The number of hydrogen-bond donors (Lipinski definition) is 1. The van der Waals surface area contributed by atoms with Crippen LogP contribution in [-0.2, 0) is 22.7 Å². The van der Waals surface area contributed by atoms with Gasteiger partial charge in [0, 0.05) is 17.0 Å². The van der Waals surface area contributed by atoms with Crippen LogP contribution < -0.4 is 5.32 Å². The highest BCUT2D eigenvalue weighted by Crippen LogP contribution is 2.31. The summed E-state index contributed by atoms with van der Waals surface area (Å²) in [5.74, 6) is 0.249. The molecule has 1 atom stereocenters. The lowest BCUT2D eigenvalue weighted by atomic mass is 9.84. The van der Waals surface area contributed by atoms with Crippen molar-refractivity contribution in [2.24, 2.45) is 5.92 Å². The minimum absolute atomic E-state index is 0.0838. The first-order chi connectivity index (χ1) is 11.7. The zero-order chi connectivity index (χ0) is 16.5. The van der Waals surface area contributed by atoms with E-state index >= 15 is 0 Å². The lowest BCUT2D eigenvalue weighted by molar-refractivity contribution is -0.141. The maximum atomic E-state index is 12.7. The molecule has 0 bridgehead atoms. The average molecular weight is 344 g/mol. The molecule has 0 unspecified atom stereocenters. The summed E-state index contributed by atoms with van der Waals surface area (Å²) in [6, 6.07) is 5.40. The molecule has 1 aliphatic heterocycles. The van der Waals surface area contributed by atoms with Crippen LogP contribution in [0.2, 0.25) is 0 Å². The van der Waals surface area contributed by atoms with Crippen molar-refractivity contribution in [1.82, 2.24) is 20.0 Å². The zero-order valence-electron chi connectivity index (χ0n) is 13.4. The molecule has 1 aliphatic carbocycles. The topological polar surface area (TPSA) is 67.2 Å². The number of nitrogens with zero attached hydrogens (tertiary/aromatic N) is 3. The molecule has 1 saturated carbocycles.